The summed E-state index contributed by atoms with van der Waals surface area (Å²) in [5, 5.41) is 3.50. The maximum Gasteiger partial charge on any atom is 0.0118 e. The monoisotopic (exact) mass is 198 g/mol. The summed E-state index contributed by atoms with van der Waals surface area (Å²) in [5.74, 6) is 1.63. The van der Waals surface area contributed by atoms with Crippen LogP contribution in [0.2, 0.25) is 0 Å². The third kappa shape index (κ3) is 3.25. The van der Waals surface area contributed by atoms with Crippen LogP contribution in [0.4, 0.5) is 0 Å². The molecule has 2 atom stereocenters. The molecule has 0 saturated heterocycles. The van der Waals surface area contributed by atoms with E-state index < -0.39 is 0 Å². The minimum Gasteiger partial charge on any atom is -0.330 e. The molecule has 2 heteroatoms. The Morgan fingerprint density at radius 1 is 1.29 bits per heavy atom. The molecule has 0 bridgehead atoms. The van der Waals surface area contributed by atoms with Gasteiger partial charge in [-0.3, -0.25) is 0 Å². The largest absolute Gasteiger partial charge is 0.330 e. The van der Waals surface area contributed by atoms with Crippen molar-refractivity contribution < 1.29 is 0 Å². The lowest BCUT2D eigenvalue weighted by atomic mass is 9.78. The highest BCUT2D eigenvalue weighted by Gasteiger charge is 2.26. The predicted molar refractivity (Wildman–Crippen MR) is 62.3 cm³/mol. The summed E-state index contributed by atoms with van der Waals surface area (Å²) in [4.78, 5) is 0. The fraction of sp³-hybridized carbons (Fsp3) is 1.00. The van der Waals surface area contributed by atoms with Gasteiger partial charge in [-0.05, 0) is 44.7 Å². The Balaban J connectivity index is 2.41. The first-order valence-corrected chi connectivity index (χ1v) is 6.17. The van der Waals surface area contributed by atoms with Gasteiger partial charge in [-0.15, -0.1) is 0 Å². The third-order valence-electron chi connectivity index (χ3n) is 3.73. The van der Waals surface area contributed by atoms with Crippen molar-refractivity contribution in [3.8, 4) is 0 Å². The van der Waals surface area contributed by atoms with Crippen LogP contribution in [0.1, 0.15) is 45.4 Å². The van der Waals surface area contributed by atoms with Crippen molar-refractivity contribution in [1.82, 2.24) is 5.32 Å². The Morgan fingerprint density at radius 3 is 2.43 bits per heavy atom. The molecule has 0 aromatic carbocycles. The molecular formula is C12H26N2. The van der Waals surface area contributed by atoms with E-state index in [9.17, 15) is 0 Å². The van der Waals surface area contributed by atoms with Crippen LogP contribution in [0.15, 0.2) is 0 Å². The van der Waals surface area contributed by atoms with Crippen molar-refractivity contribution in [3.63, 3.8) is 0 Å². The lowest BCUT2D eigenvalue weighted by molar-refractivity contribution is 0.218. The standard InChI is InChI=1S/C12H26N2/c1-10(8-9-13)12(14-2)11-6-4-3-5-7-11/h10-12,14H,3-9,13H2,1-2H3. The zero-order chi connectivity index (χ0) is 10.4. The molecule has 0 radical (unpaired) electrons. The molecule has 2 unspecified atom stereocenters. The number of nitrogens with one attached hydrogen (secondary N) is 1. The molecule has 1 rings (SSSR count). The van der Waals surface area contributed by atoms with Gasteiger partial charge in [0.15, 0.2) is 0 Å². The van der Waals surface area contributed by atoms with Crippen molar-refractivity contribution in [2.45, 2.75) is 51.5 Å². The molecule has 0 aliphatic heterocycles. The molecule has 1 saturated carbocycles. The minimum absolute atomic E-state index is 0.693. The first-order chi connectivity index (χ1) is 6.79. The van der Waals surface area contributed by atoms with Gasteiger partial charge in [-0.2, -0.15) is 0 Å². The number of hydrogen-bond donors (Lipinski definition) is 2. The van der Waals surface area contributed by atoms with Gasteiger partial charge in [0, 0.05) is 6.04 Å². The molecule has 3 N–H and O–H groups in total. The van der Waals surface area contributed by atoms with Gasteiger partial charge in [0.05, 0.1) is 0 Å². The van der Waals surface area contributed by atoms with Gasteiger partial charge < -0.3 is 11.1 Å². The van der Waals surface area contributed by atoms with E-state index in [2.05, 4.69) is 19.3 Å². The molecule has 0 amide bonds. The van der Waals surface area contributed by atoms with Crippen LogP contribution in [0.3, 0.4) is 0 Å². The first-order valence-electron chi connectivity index (χ1n) is 6.17. The van der Waals surface area contributed by atoms with Gasteiger partial charge in [0.1, 0.15) is 0 Å². The van der Waals surface area contributed by atoms with Gasteiger partial charge in [-0.1, -0.05) is 26.2 Å². The summed E-state index contributed by atoms with van der Waals surface area (Å²) in [6.45, 7) is 3.16. The molecule has 0 heterocycles. The second-order valence-electron chi connectivity index (χ2n) is 4.77. The lowest BCUT2D eigenvalue weighted by Crippen LogP contribution is -2.40. The maximum atomic E-state index is 5.62. The van der Waals surface area contributed by atoms with E-state index in [1.54, 1.807) is 0 Å². The molecule has 14 heavy (non-hydrogen) atoms. The maximum absolute atomic E-state index is 5.62. The molecule has 84 valence electrons. The average Bonchev–Trinajstić information content (AvgIpc) is 2.21. The number of nitrogens with two attached hydrogens (primary N) is 1. The van der Waals surface area contributed by atoms with Crippen LogP contribution in [-0.4, -0.2) is 19.6 Å². The van der Waals surface area contributed by atoms with E-state index >= 15 is 0 Å². The van der Waals surface area contributed by atoms with E-state index in [-0.39, 0.29) is 0 Å². The van der Waals surface area contributed by atoms with Crippen molar-refractivity contribution in [2.24, 2.45) is 17.6 Å². The first kappa shape index (κ1) is 12.0. The summed E-state index contributed by atoms with van der Waals surface area (Å²) < 4.78 is 0. The Morgan fingerprint density at radius 2 is 1.93 bits per heavy atom. The SMILES string of the molecule is CNC(C(C)CCN)C1CCCCC1. The van der Waals surface area contributed by atoms with Crippen LogP contribution >= 0.6 is 0 Å². The zero-order valence-electron chi connectivity index (χ0n) is 9.76. The van der Waals surface area contributed by atoms with Gasteiger partial charge in [0.25, 0.3) is 0 Å². The van der Waals surface area contributed by atoms with Crippen LogP contribution in [0, 0.1) is 11.8 Å². The van der Waals surface area contributed by atoms with Crippen molar-refractivity contribution in [2.75, 3.05) is 13.6 Å². The minimum atomic E-state index is 0.693. The van der Waals surface area contributed by atoms with Crippen LogP contribution < -0.4 is 11.1 Å². The quantitative estimate of drug-likeness (QED) is 0.710. The van der Waals surface area contributed by atoms with Crippen molar-refractivity contribution in [3.05, 3.63) is 0 Å². The Kier molecular flexibility index (Phi) is 5.49. The molecule has 1 aliphatic rings. The van der Waals surface area contributed by atoms with E-state index in [0.29, 0.717) is 6.04 Å². The lowest BCUT2D eigenvalue weighted by Gasteiger charge is -2.34. The topological polar surface area (TPSA) is 38.0 Å². The van der Waals surface area contributed by atoms with Crippen molar-refractivity contribution in [1.29, 1.82) is 0 Å². The van der Waals surface area contributed by atoms with E-state index in [1.165, 1.54) is 32.1 Å². The number of rotatable bonds is 5. The Labute approximate surface area is 88.6 Å². The fourth-order valence-corrected chi connectivity index (χ4v) is 2.92. The highest BCUT2D eigenvalue weighted by molar-refractivity contribution is 4.82. The van der Waals surface area contributed by atoms with Crippen LogP contribution in [-0.2, 0) is 0 Å². The summed E-state index contributed by atoms with van der Waals surface area (Å²) in [7, 11) is 2.10. The summed E-state index contributed by atoms with van der Waals surface area (Å²) in [6.07, 6.45) is 8.29. The summed E-state index contributed by atoms with van der Waals surface area (Å²) in [6, 6.07) is 0.693. The molecule has 1 aliphatic carbocycles. The second-order valence-corrected chi connectivity index (χ2v) is 4.77. The van der Waals surface area contributed by atoms with E-state index in [1.807, 2.05) is 0 Å². The zero-order valence-corrected chi connectivity index (χ0v) is 9.76. The molecule has 0 aromatic rings. The predicted octanol–water partition coefficient (Wildman–Crippen LogP) is 2.14. The normalized spacial score (nSPS) is 23.4. The summed E-state index contributed by atoms with van der Waals surface area (Å²) >= 11 is 0. The van der Waals surface area contributed by atoms with Gasteiger partial charge in [0.2, 0.25) is 0 Å². The van der Waals surface area contributed by atoms with Gasteiger partial charge >= 0.3 is 0 Å². The Hall–Kier alpha value is -0.0800. The van der Waals surface area contributed by atoms with Crippen LogP contribution in [0.25, 0.3) is 0 Å². The molecule has 0 spiro atoms. The molecule has 0 aromatic heterocycles. The molecule has 2 nitrogen and oxygen atoms in total. The highest BCUT2D eigenvalue weighted by atomic mass is 14.9. The highest BCUT2D eigenvalue weighted by Crippen LogP contribution is 2.30. The number of hydrogen-bond acceptors (Lipinski definition) is 2. The average molecular weight is 198 g/mol. The van der Waals surface area contributed by atoms with Gasteiger partial charge in [-0.25, -0.2) is 0 Å². The van der Waals surface area contributed by atoms with E-state index in [4.69, 9.17) is 5.73 Å². The van der Waals surface area contributed by atoms with Crippen LogP contribution in [0.5, 0.6) is 0 Å². The second kappa shape index (κ2) is 6.41. The summed E-state index contributed by atoms with van der Waals surface area (Å²) in [5.41, 5.74) is 5.62. The van der Waals surface area contributed by atoms with Crippen molar-refractivity contribution >= 4 is 0 Å². The Bertz CT molecular complexity index is 141. The third-order valence-corrected chi connectivity index (χ3v) is 3.73. The molecule has 1 fully saturated rings. The molecular weight excluding hydrogens is 172 g/mol. The smallest absolute Gasteiger partial charge is 0.0118 e. The van der Waals surface area contributed by atoms with E-state index in [0.717, 1.165) is 24.8 Å². The fourth-order valence-electron chi connectivity index (χ4n) is 2.92.